The fourth-order valence-corrected chi connectivity index (χ4v) is 2.77. The summed E-state index contributed by atoms with van der Waals surface area (Å²) >= 11 is 0. The molecule has 2 rings (SSSR count). The van der Waals surface area contributed by atoms with Gasteiger partial charge in [0.25, 0.3) is 0 Å². The summed E-state index contributed by atoms with van der Waals surface area (Å²) in [5.41, 5.74) is 2.67. The zero-order chi connectivity index (χ0) is 18.9. The third-order valence-corrected chi connectivity index (χ3v) is 4.07. The second-order valence-corrected chi connectivity index (χ2v) is 5.83. The largest absolute Gasteiger partial charge is 0.373 e. The molecule has 4 nitrogen and oxygen atoms in total. The van der Waals surface area contributed by atoms with E-state index in [1.807, 2.05) is 37.5 Å². The summed E-state index contributed by atoms with van der Waals surface area (Å²) in [4.78, 5) is 10.7. The highest BCUT2D eigenvalue weighted by atomic mass is 19.1. The number of hydrogen-bond donors (Lipinski definition) is 1. The van der Waals surface area contributed by atoms with Gasteiger partial charge in [-0.25, -0.2) is 14.4 Å². The monoisotopic (exact) mass is 352 g/mol. The molecule has 0 fully saturated rings. The van der Waals surface area contributed by atoms with Gasteiger partial charge < -0.3 is 10.2 Å². The lowest BCUT2D eigenvalue weighted by molar-refractivity contribution is 0.327. The van der Waals surface area contributed by atoms with E-state index < -0.39 is 0 Å². The van der Waals surface area contributed by atoms with Crippen LogP contribution in [0.5, 0.6) is 0 Å². The second-order valence-electron chi connectivity index (χ2n) is 5.83. The Bertz CT molecular complexity index is 798. The van der Waals surface area contributed by atoms with E-state index in [1.165, 1.54) is 6.07 Å². The van der Waals surface area contributed by atoms with E-state index in [0.717, 1.165) is 23.3 Å². The van der Waals surface area contributed by atoms with Crippen molar-refractivity contribution in [3.05, 3.63) is 84.6 Å². The molecule has 0 saturated carbocycles. The van der Waals surface area contributed by atoms with Crippen molar-refractivity contribution >= 4 is 11.5 Å². The Morgan fingerprint density at radius 2 is 2.19 bits per heavy atom. The number of nitrogens with one attached hydrogen (secondary N) is 1. The van der Waals surface area contributed by atoms with Gasteiger partial charge in [-0.1, -0.05) is 37.8 Å². The van der Waals surface area contributed by atoms with Crippen molar-refractivity contribution in [1.29, 1.82) is 0 Å². The number of halogens is 1. The van der Waals surface area contributed by atoms with Crippen LogP contribution >= 0.6 is 0 Å². The van der Waals surface area contributed by atoms with Gasteiger partial charge in [-0.05, 0) is 42.5 Å². The van der Waals surface area contributed by atoms with Crippen LogP contribution in [-0.4, -0.2) is 29.0 Å². The Hall–Kier alpha value is -2.95. The summed E-state index contributed by atoms with van der Waals surface area (Å²) in [7, 11) is 3.77. The molecule has 2 aromatic rings. The molecule has 5 heteroatoms. The molecule has 26 heavy (non-hydrogen) atoms. The van der Waals surface area contributed by atoms with E-state index in [1.54, 1.807) is 31.5 Å². The molecule has 0 saturated heterocycles. The number of nitrogens with zero attached hydrogens (tertiary/aromatic N) is 3. The minimum atomic E-state index is -0.217. The number of benzene rings is 1. The third-order valence-electron chi connectivity index (χ3n) is 4.07. The van der Waals surface area contributed by atoms with E-state index in [9.17, 15) is 4.39 Å². The zero-order valence-corrected chi connectivity index (χ0v) is 15.5. The van der Waals surface area contributed by atoms with Crippen molar-refractivity contribution in [2.75, 3.05) is 19.4 Å². The predicted octanol–water partition coefficient (Wildman–Crippen LogP) is 4.82. The molecule has 0 aliphatic carbocycles. The number of allylic oxidation sites excluding steroid dienone is 4. The first-order valence-electron chi connectivity index (χ1n) is 8.58. The first kappa shape index (κ1) is 19.4. The van der Waals surface area contributed by atoms with E-state index in [2.05, 4.69) is 33.7 Å². The predicted molar refractivity (Wildman–Crippen MR) is 106 cm³/mol. The van der Waals surface area contributed by atoms with Gasteiger partial charge in [-0.2, -0.15) is 0 Å². The van der Waals surface area contributed by atoms with Crippen molar-refractivity contribution in [3.8, 4) is 0 Å². The average Bonchev–Trinajstić information content (AvgIpc) is 2.66. The summed E-state index contributed by atoms with van der Waals surface area (Å²) < 4.78 is 13.6. The van der Waals surface area contributed by atoms with Gasteiger partial charge in [0.05, 0.1) is 11.7 Å². The fourth-order valence-electron chi connectivity index (χ4n) is 2.77. The van der Waals surface area contributed by atoms with Crippen LogP contribution in [0.3, 0.4) is 0 Å². The molecule has 1 N–H and O–H groups in total. The molecular weight excluding hydrogens is 327 g/mol. The molecular formula is C21H25FN4. The van der Waals surface area contributed by atoms with Crippen LogP contribution in [0.1, 0.15) is 30.6 Å². The van der Waals surface area contributed by atoms with Gasteiger partial charge in [0.15, 0.2) is 0 Å². The summed E-state index contributed by atoms with van der Waals surface area (Å²) in [5, 5.41) is 2.94. The summed E-state index contributed by atoms with van der Waals surface area (Å²) in [6, 6.07) is 8.68. The molecule has 0 amide bonds. The first-order chi connectivity index (χ1) is 12.6. The standard InChI is InChI=1S/C21H25FN4/c1-5-8-16(19-11-13-24-21(23-3)25-19)12-14-26(4)20(6-2)17-9-7-10-18(22)15-17/h5,7-15,20H,1,6H2,2-4H3,(H,23,24,25)/b14-12-,16-8+. The maximum Gasteiger partial charge on any atom is 0.222 e. The average molecular weight is 352 g/mol. The molecule has 1 unspecified atom stereocenters. The number of aromatic nitrogens is 2. The quantitative estimate of drug-likeness (QED) is 0.691. The molecule has 0 radical (unpaired) electrons. The minimum absolute atomic E-state index is 0.0881. The van der Waals surface area contributed by atoms with Crippen molar-refractivity contribution < 1.29 is 4.39 Å². The summed E-state index contributed by atoms with van der Waals surface area (Å²) in [6.07, 6.45) is 10.2. The Morgan fingerprint density at radius 3 is 2.85 bits per heavy atom. The van der Waals surface area contributed by atoms with Crippen LogP contribution in [-0.2, 0) is 0 Å². The van der Waals surface area contributed by atoms with E-state index >= 15 is 0 Å². The number of hydrogen-bond acceptors (Lipinski definition) is 4. The van der Waals surface area contributed by atoms with E-state index in [0.29, 0.717) is 5.95 Å². The minimum Gasteiger partial charge on any atom is -0.373 e. The van der Waals surface area contributed by atoms with Crippen LogP contribution in [0.2, 0.25) is 0 Å². The van der Waals surface area contributed by atoms with Crippen LogP contribution in [0, 0.1) is 5.82 Å². The molecule has 1 aromatic heterocycles. The molecule has 0 aliphatic rings. The summed E-state index contributed by atoms with van der Waals surface area (Å²) in [6.45, 7) is 5.87. The molecule has 136 valence electrons. The smallest absolute Gasteiger partial charge is 0.222 e. The van der Waals surface area contributed by atoms with Gasteiger partial charge in [-0.3, -0.25) is 0 Å². The van der Waals surface area contributed by atoms with E-state index in [4.69, 9.17) is 0 Å². The number of anilines is 1. The molecule has 1 heterocycles. The fraction of sp³-hybridized carbons (Fsp3) is 0.238. The van der Waals surface area contributed by atoms with Gasteiger partial charge in [0, 0.05) is 25.9 Å². The van der Waals surface area contributed by atoms with Gasteiger partial charge >= 0.3 is 0 Å². The normalized spacial score (nSPS) is 12.8. The lowest BCUT2D eigenvalue weighted by atomic mass is 10.0. The van der Waals surface area contributed by atoms with Crippen LogP contribution in [0.15, 0.2) is 67.5 Å². The maximum atomic E-state index is 13.6. The van der Waals surface area contributed by atoms with Crippen molar-refractivity contribution in [2.45, 2.75) is 19.4 Å². The molecule has 1 aromatic carbocycles. The molecule has 0 aliphatic heterocycles. The van der Waals surface area contributed by atoms with Crippen molar-refractivity contribution in [1.82, 2.24) is 14.9 Å². The molecule has 0 spiro atoms. The Labute approximate surface area is 154 Å². The van der Waals surface area contributed by atoms with Crippen molar-refractivity contribution in [3.63, 3.8) is 0 Å². The first-order valence-corrected chi connectivity index (χ1v) is 8.58. The highest BCUT2D eigenvalue weighted by molar-refractivity contribution is 5.73. The van der Waals surface area contributed by atoms with Crippen LogP contribution in [0.25, 0.3) is 5.57 Å². The van der Waals surface area contributed by atoms with Crippen LogP contribution < -0.4 is 5.32 Å². The Balaban J connectivity index is 2.25. The summed E-state index contributed by atoms with van der Waals surface area (Å²) in [5.74, 6) is 0.344. The van der Waals surface area contributed by atoms with Gasteiger partial charge in [-0.15, -0.1) is 0 Å². The van der Waals surface area contributed by atoms with E-state index in [-0.39, 0.29) is 11.9 Å². The highest BCUT2D eigenvalue weighted by Gasteiger charge is 2.13. The number of rotatable bonds is 8. The molecule has 1 atom stereocenters. The third kappa shape index (κ3) is 5.02. The SMILES string of the molecule is C=C/C=C(\C=C/N(C)C(CC)c1cccc(F)c1)c1ccnc(NC)n1. The zero-order valence-electron chi connectivity index (χ0n) is 15.5. The topological polar surface area (TPSA) is 41.1 Å². The lowest BCUT2D eigenvalue weighted by Crippen LogP contribution is -2.18. The van der Waals surface area contributed by atoms with Crippen LogP contribution in [0.4, 0.5) is 10.3 Å². The second kappa shape index (κ2) is 9.51. The maximum absolute atomic E-state index is 13.6. The lowest BCUT2D eigenvalue weighted by Gasteiger charge is -2.26. The highest BCUT2D eigenvalue weighted by Crippen LogP contribution is 2.24. The molecule has 0 bridgehead atoms. The Morgan fingerprint density at radius 1 is 1.38 bits per heavy atom. The van der Waals surface area contributed by atoms with Gasteiger partial charge in [0.2, 0.25) is 5.95 Å². The Kier molecular flexibility index (Phi) is 7.09. The van der Waals surface area contributed by atoms with Crippen molar-refractivity contribution in [2.24, 2.45) is 0 Å². The van der Waals surface area contributed by atoms with Gasteiger partial charge in [0.1, 0.15) is 5.82 Å².